The van der Waals surface area contributed by atoms with E-state index in [2.05, 4.69) is 10.0 Å². The van der Waals surface area contributed by atoms with Crippen molar-refractivity contribution in [2.75, 3.05) is 19.9 Å². The van der Waals surface area contributed by atoms with Crippen molar-refractivity contribution in [3.63, 3.8) is 0 Å². The van der Waals surface area contributed by atoms with Gasteiger partial charge in [0.1, 0.15) is 0 Å². The highest BCUT2D eigenvalue weighted by atomic mass is 32.2. The van der Waals surface area contributed by atoms with Gasteiger partial charge in [-0.3, -0.25) is 0 Å². The fourth-order valence-corrected chi connectivity index (χ4v) is 3.37. The summed E-state index contributed by atoms with van der Waals surface area (Å²) in [6, 6.07) is 4.86. The quantitative estimate of drug-likeness (QED) is 0.839. The average Bonchev–Trinajstić information content (AvgIpc) is 3.06. The molecular weight excluding hydrogens is 268 g/mol. The molecule has 0 aliphatic carbocycles. The van der Waals surface area contributed by atoms with Crippen molar-refractivity contribution in [3.8, 4) is 11.5 Å². The fourth-order valence-electron chi connectivity index (χ4n) is 2.27. The van der Waals surface area contributed by atoms with Gasteiger partial charge in [0.2, 0.25) is 16.8 Å². The third-order valence-electron chi connectivity index (χ3n) is 3.34. The van der Waals surface area contributed by atoms with Crippen molar-refractivity contribution in [1.82, 2.24) is 10.0 Å². The summed E-state index contributed by atoms with van der Waals surface area (Å²) in [5.74, 6) is 1.05. The van der Waals surface area contributed by atoms with Crippen LogP contribution in [0.4, 0.5) is 0 Å². The highest BCUT2D eigenvalue weighted by molar-refractivity contribution is 7.89. The minimum atomic E-state index is -3.49. The van der Waals surface area contributed by atoms with Crippen molar-refractivity contribution in [1.29, 1.82) is 0 Å². The highest BCUT2D eigenvalue weighted by Gasteiger charge is 2.22. The molecule has 0 aromatic heterocycles. The van der Waals surface area contributed by atoms with Gasteiger partial charge < -0.3 is 14.8 Å². The zero-order chi connectivity index (χ0) is 13.3. The summed E-state index contributed by atoms with van der Waals surface area (Å²) in [5, 5.41) is 3.25. The lowest BCUT2D eigenvalue weighted by atomic mass is 10.2. The molecule has 2 aliphatic heterocycles. The van der Waals surface area contributed by atoms with E-state index >= 15 is 0 Å². The zero-order valence-electron chi connectivity index (χ0n) is 10.4. The maximum Gasteiger partial charge on any atom is 0.240 e. The Labute approximate surface area is 112 Å². The number of hydrogen-bond donors (Lipinski definition) is 2. The second-order valence-electron chi connectivity index (χ2n) is 4.66. The van der Waals surface area contributed by atoms with Gasteiger partial charge in [-0.2, -0.15) is 0 Å². The lowest BCUT2D eigenvalue weighted by molar-refractivity contribution is 0.174. The SMILES string of the molecule is O=S(=O)(NCC1CCCN1)c1ccc2c(c1)OCO2. The van der Waals surface area contributed by atoms with Crippen molar-refractivity contribution in [2.24, 2.45) is 0 Å². The summed E-state index contributed by atoms with van der Waals surface area (Å²) in [6.45, 7) is 1.51. The Hall–Kier alpha value is -1.31. The highest BCUT2D eigenvalue weighted by Crippen LogP contribution is 2.33. The molecule has 1 saturated heterocycles. The summed E-state index contributed by atoms with van der Waals surface area (Å²) in [5.41, 5.74) is 0. The Morgan fingerprint density at radius 1 is 1.32 bits per heavy atom. The summed E-state index contributed by atoms with van der Waals surface area (Å²) < 4.78 is 37.3. The van der Waals surface area contributed by atoms with Gasteiger partial charge in [0.05, 0.1) is 4.90 Å². The number of hydrogen-bond acceptors (Lipinski definition) is 5. The minimum Gasteiger partial charge on any atom is -0.454 e. The maximum atomic E-state index is 12.2. The van der Waals surface area contributed by atoms with E-state index in [0.717, 1.165) is 19.4 Å². The number of benzene rings is 1. The first-order chi connectivity index (χ1) is 9.15. The summed E-state index contributed by atoms with van der Waals surface area (Å²) in [4.78, 5) is 0.203. The molecule has 7 heteroatoms. The van der Waals surface area contributed by atoms with Gasteiger partial charge in [-0.05, 0) is 31.5 Å². The number of fused-ring (bicyclic) bond motifs is 1. The predicted octanol–water partition coefficient (Wildman–Crippen LogP) is 0.446. The van der Waals surface area contributed by atoms with E-state index in [4.69, 9.17) is 9.47 Å². The third kappa shape index (κ3) is 2.68. The average molecular weight is 284 g/mol. The fraction of sp³-hybridized carbons (Fsp3) is 0.500. The van der Waals surface area contributed by atoms with E-state index in [1.165, 1.54) is 12.1 Å². The Balaban J connectivity index is 1.72. The van der Waals surface area contributed by atoms with Crippen LogP contribution in [0.2, 0.25) is 0 Å². The molecular formula is C12H16N2O4S. The molecule has 1 fully saturated rings. The molecule has 19 heavy (non-hydrogen) atoms. The Morgan fingerprint density at radius 3 is 2.95 bits per heavy atom. The molecule has 2 N–H and O–H groups in total. The van der Waals surface area contributed by atoms with Gasteiger partial charge in [-0.25, -0.2) is 13.1 Å². The van der Waals surface area contributed by atoms with Crippen LogP contribution < -0.4 is 19.5 Å². The van der Waals surface area contributed by atoms with Gasteiger partial charge in [0, 0.05) is 18.7 Å². The van der Waals surface area contributed by atoms with E-state index in [1.807, 2.05) is 0 Å². The van der Waals surface area contributed by atoms with Crippen LogP contribution in [0.1, 0.15) is 12.8 Å². The maximum absolute atomic E-state index is 12.2. The van der Waals surface area contributed by atoms with E-state index < -0.39 is 10.0 Å². The smallest absolute Gasteiger partial charge is 0.240 e. The number of rotatable bonds is 4. The number of sulfonamides is 1. The Morgan fingerprint density at radius 2 is 2.16 bits per heavy atom. The topological polar surface area (TPSA) is 76.7 Å². The van der Waals surface area contributed by atoms with Crippen LogP contribution in [0.15, 0.2) is 23.1 Å². The molecule has 1 aromatic carbocycles. The second-order valence-corrected chi connectivity index (χ2v) is 6.43. The molecule has 1 aromatic rings. The van der Waals surface area contributed by atoms with Crippen molar-refractivity contribution < 1.29 is 17.9 Å². The molecule has 2 aliphatic rings. The van der Waals surface area contributed by atoms with Crippen molar-refractivity contribution in [3.05, 3.63) is 18.2 Å². The van der Waals surface area contributed by atoms with Crippen LogP contribution in [-0.2, 0) is 10.0 Å². The molecule has 0 saturated carbocycles. The molecule has 1 atom stereocenters. The van der Waals surface area contributed by atoms with Crippen LogP contribution >= 0.6 is 0 Å². The van der Waals surface area contributed by atoms with E-state index in [-0.39, 0.29) is 17.7 Å². The molecule has 0 bridgehead atoms. The second kappa shape index (κ2) is 4.99. The van der Waals surface area contributed by atoms with Crippen LogP contribution in [-0.4, -0.2) is 34.3 Å². The molecule has 0 radical (unpaired) electrons. The molecule has 104 valence electrons. The zero-order valence-corrected chi connectivity index (χ0v) is 11.2. The van der Waals surface area contributed by atoms with Gasteiger partial charge in [0.25, 0.3) is 0 Å². The first kappa shape index (κ1) is 12.7. The van der Waals surface area contributed by atoms with Crippen LogP contribution in [0.3, 0.4) is 0 Å². The normalized spacial score (nSPS) is 21.8. The lowest BCUT2D eigenvalue weighted by Gasteiger charge is -2.12. The predicted molar refractivity (Wildman–Crippen MR) is 68.8 cm³/mol. The molecule has 6 nitrogen and oxygen atoms in total. The van der Waals surface area contributed by atoms with Crippen molar-refractivity contribution >= 4 is 10.0 Å². The molecule has 3 rings (SSSR count). The largest absolute Gasteiger partial charge is 0.454 e. The van der Waals surface area contributed by atoms with Gasteiger partial charge in [-0.15, -0.1) is 0 Å². The van der Waals surface area contributed by atoms with Crippen LogP contribution in [0.25, 0.3) is 0 Å². The summed E-state index contributed by atoms with van der Waals surface area (Å²) in [7, 11) is -3.49. The monoisotopic (exact) mass is 284 g/mol. The number of ether oxygens (including phenoxy) is 2. The Bertz CT molecular complexity index is 567. The van der Waals surface area contributed by atoms with Crippen LogP contribution in [0, 0.1) is 0 Å². The molecule has 0 amide bonds. The van der Waals surface area contributed by atoms with E-state index in [9.17, 15) is 8.42 Å². The van der Waals surface area contributed by atoms with Crippen LogP contribution in [0.5, 0.6) is 11.5 Å². The molecule has 0 spiro atoms. The third-order valence-corrected chi connectivity index (χ3v) is 4.76. The van der Waals surface area contributed by atoms with Gasteiger partial charge in [-0.1, -0.05) is 0 Å². The lowest BCUT2D eigenvalue weighted by Crippen LogP contribution is -2.37. The van der Waals surface area contributed by atoms with E-state index in [0.29, 0.717) is 18.0 Å². The Kier molecular flexibility index (Phi) is 3.34. The molecule has 2 heterocycles. The van der Waals surface area contributed by atoms with E-state index in [1.54, 1.807) is 6.07 Å². The minimum absolute atomic E-state index is 0.137. The van der Waals surface area contributed by atoms with Crippen molar-refractivity contribution in [2.45, 2.75) is 23.8 Å². The standard InChI is InChI=1S/C12H16N2O4S/c15-19(16,14-7-9-2-1-5-13-9)10-3-4-11-12(6-10)18-8-17-11/h3-4,6,9,13-14H,1-2,5,7-8H2. The summed E-state index contributed by atoms with van der Waals surface area (Å²) >= 11 is 0. The first-order valence-electron chi connectivity index (χ1n) is 6.28. The summed E-state index contributed by atoms with van der Waals surface area (Å²) in [6.07, 6.45) is 2.10. The first-order valence-corrected chi connectivity index (χ1v) is 7.76. The molecule has 1 unspecified atom stereocenters. The number of nitrogens with one attached hydrogen (secondary N) is 2. The van der Waals surface area contributed by atoms with Gasteiger partial charge >= 0.3 is 0 Å². The van der Waals surface area contributed by atoms with Gasteiger partial charge in [0.15, 0.2) is 11.5 Å².